The molecule has 5 rings (SSSR count). The Morgan fingerprint density at radius 3 is 2.50 bits per heavy atom. The molecule has 4 fully saturated rings. The van der Waals surface area contributed by atoms with Gasteiger partial charge < -0.3 is 46.1 Å². The lowest BCUT2D eigenvalue weighted by atomic mass is 9.59. The summed E-state index contributed by atoms with van der Waals surface area (Å²) in [6, 6.07) is 0. The minimum absolute atomic E-state index is 0.188. The SMILES string of the molecule is NC1=N[C@H](O)[C@H]2[C@H]3O[C@]4(O)O[C@H]([C@H]3O)[C@@H](O)[C@@]2(N1)[C@H]4O. The van der Waals surface area contributed by atoms with E-state index < -0.39 is 54.2 Å². The Morgan fingerprint density at radius 1 is 1.15 bits per heavy atom. The van der Waals surface area contributed by atoms with Gasteiger partial charge in [-0.2, -0.15) is 0 Å². The third-order valence-electron chi connectivity index (χ3n) is 4.72. The highest BCUT2D eigenvalue weighted by Gasteiger charge is 2.79. The fraction of sp³-hybridized carbons (Fsp3) is 0.900. The Balaban J connectivity index is 1.92. The molecule has 4 heterocycles. The average Bonchev–Trinajstić information content (AvgIpc) is 2.36. The second-order valence-corrected chi connectivity index (χ2v) is 5.65. The summed E-state index contributed by atoms with van der Waals surface area (Å²) >= 11 is 0. The van der Waals surface area contributed by atoms with E-state index in [0.29, 0.717) is 0 Å². The van der Waals surface area contributed by atoms with Crippen LogP contribution in [0, 0.1) is 5.92 Å². The molecule has 5 aliphatic rings. The smallest absolute Gasteiger partial charge is 0.311 e. The standard InChI is InChI=1S/C10H15N3O7/c11-8-12-6(16)1-3-2(14)4-5(15)9(1,13-8)7(17)10(18,19-3)20-4/h1-7,14-18H,(H3,11,12,13)/t1-,2+,3-,4-,5-,6-,7-,9-,10+/m1/s1. The largest absolute Gasteiger partial charge is 0.388 e. The molecule has 0 radical (unpaired) electrons. The number of nitrogens with zero attached hydrogens (tertiary/aromatic N) is 1. The lowest BCUT2D eigenvalue weighted by Gasteiger charge is -2.68. The number of hydrogen-bond acceptors (Lipinski definition) is 10. The molecule has 0 aromatic rings. The maximum absolute atomic E-state index is 10.4. The third kappa shape index (κ3) is 1.13. The minimum Gasteiger partial charge on any atom is -0.388 e. The van der Waals surface area contributed by atoms with Crippen LogP contribution in [0.1, 0.15) is 0 Å². The zero-order valence-corrected chi connectivity index (χ0v) is 10.1. The molecule has 3 saturated heterocycles. The molecule has 1 saturated carbocycles. The predicted octanol–water partition coefficient (Wildman–Crippen LogP) is -4.88. The van der Waals surface area contributed by atoms with Crippen LogP contribution in [0.15, 0.2) is 4.99 Å². The zero-order valence-electron chi connectivity index (χ0n) is 10.1. The van der Waals surface area contributed by atoms with Crippen LogP contribution in [0.5, 0.6) is 0 Å². The molecule has 1 spiro atoms. The molecule has 10 nitrogen and oxygen atoms in total. The maximum atomic E-state index is 10.4. The van der Waals surface area contributed by atoms with Gasteiger partial charge >= 0.3 is 5.97 Å². The number of nitrogens with one attached hydrogen (secondary N) is 1. The van der Waals surface area contributed by atoms with Gasteiger partial charge in [0.2, 0.25) is 0 Å². The number of rotatable bonds is 0. The Morgan fingerprint density at radius 2 is 1.80 bits per heavy atom. The van der Waals surface area contributed by atoms with Crippen molar-refractivity contribution in [3.8, 4) is 0 Å². The van der Waals surface area contributed by atoms with E-state index in [1.165, 1.54) is 0 Å². The van der Waals surface area contributed by atoms with Crippen LogP contribution in [0.25, 0.3) is 0 Å². The van der Waals surface area contributed by atoms with Crippen molar-refractivity contribution in [2.45, 2.75) is 48.3 Å². The van der Waals surface area contributed by atoms with E-state index in [0.717, 1.165) is 0 Å². The van der Waals surface area contributed by atoms with E-state index in [1.807, 2.05) is 0 Å². The monoisotopic (exact) mass is 289 g/mol. The van der Waals surface area contributed by atoms with Crippen molar-refractivity contribution in [3.05, 3.63) is 0 Å². The highest BCUT2D eigenvalue weighted by molar-refractivity contribution is 5.80. The van der Waals surface area contributed by atoms with E-state index in [-0.39, 0.29) is 5.96 Å². The molecule has 4 bridgehead atoms. The predicted molar refractivity (Wildman–Crippen MR) is 59.7 cm³/mol. The number of ether oxygens (including phenoxy) is 2. The Hall–Kier alpha value is -1.01. The molecule has 20 heavy (non-hydrogen) atoms. The van der Waals surface area contributed by atoms with E-state index in [1.54, 1.807) is 0 Å². The van der Waals surface area contributed by atoms with Crippen LogP contribution < -0.4 is 11.1 Å². The number of hydrogen-bond donors (Lipinski definition) is 7. The summed E-state index contributed by atoms with van der Waals surface area (Å²) in [6.07, 6.45) is -8.06. The van der Waals surface area contributed by atoms with Gasteiger partial charge in [-0.25, -0.2) is 4.99 Å². The molecule has 0 amide bonds. The summed E-state index contributed by atoms with van der Waals surface area (Å²) in [5.74, 6) is -3.56. The van der Waals surface area contributed by atoms with Crippen molar-refractivity contribution in [2.75, 3.05) is 0 Å². The molecule has 10 heteroatoms. The van der Waals surface area contributed by atoms with Gasteiger partial charge in [-0.05, 0) is 0 Å². The third-order valence-corrected chi connectivity index (χ3v) is 4.72. The summed E-state index contributed by atoms with van der Waals surface area (Å²) in [6.45, 7) is 0. The average molecular weight is 289 g/mol. The number of aliphatic imine (C=N–C) groups is 1. The minimum atomic E-state index is -2.38. The second kappa shape index (κ2) is 3.42. The number of nitrogens with two attached hydrogens (primary N) is 1. The molecule has 0 aromatic heterocycles. The van der Waals surface area contributed by atoms with E-state index in [9.17, 15) is 25.5 Å². The number of aliphatic hydroxyl groups excluding tert-OH is 4. The Kier molecular flexibility index (Phi) is 2.17. The topological polar surface area (TPSA) is 170 Å². The lowest BCUT2D eigenvalue weighted by molar-refractivity contribution is -0.532. The molecule has 4 aliphatic heterocycles. The van der Waals surface area contributed by atoms with Crippen LogP contribution in [-0.4, -0.2) is 79.8 Å². The summed E-state index contributed by atoms with van der Waals surface area (Å²) in [5.41, 5.74) is 3.95. The lowest BCUT2D eigenvalue weighted by Crippen LogP contribution is -2.92. The molecule has 9 atom stereocenters. The van der Waals surface area contributed by atoms with Gasteiger partial charge in [0.15, 0.2) is 18.3 Å². The van der Waals surface area contributed by atoms with Gasteiger partial charge in [0.05, 0.1) is 5.92 Å². The van der Waals surface area contributed by atoms with Gasteiger partial charge in [0.1, 0.15) is 30.0 Å². The van der Waals surface area contributed by atoms with Crippen LogP contribution in [0.3, 0.4) is 0 Å². The summed E-state index contributed by atoms with van der Waals surface area (Å²) < 4.78 is 10.2. The first-order chi connectivity index (χ1) is 9.31. The summed E-state index contributed by atoms with van der Waals surface area (Å²) in [4.78, 5) is 3.71. The molecule has 0 aromatic carbocycles. The molecule has 1 aliphatic carbocycles. The highest BCUT2D eigenvalue weighted by Crippen LogP contribution is 2.55. The van der Waals surface area contributed by atoms with E-state index in [4.69, 9.17) is 15.2 Å². The molecule has 112 valence electrons. The van der Waals surface area contributed by atoms with Gasteiger partial charge in [0, 0.05) is 0 Å². The normalized spacial score (nSPS) is 63.6. The first kappa shape index (κ1) is 12.7. The number of aliphatic hydroxyl groups is 5. The first-order valence-electron chi connectivity index (χ1n) is 6.23. The quantitative estimate of drug-likeness (QED) is 0.231. The molecular weight excluding hydrogens is 274 g/mol. The molecule has 8 N–H and O–H groups in total. The highest BCUT2D eigenvalue weighted by atomic mass is 16.9. The Labute approximate surface area is 112 Å². The van der Waals surface area contributed by atoms with Gasteiger partial charge in [-0.15, -0.1) is 0 Å². The van der Waals surface area contributed by atoms with Crippen LogP contribution in [0.2, 0.25) is 0 Å². The van der Waals surface area contributed by atoms with Crippen molar-refractivity contribution in [1.82, 2.24) is 5.32 Å². The van der Waals surface area contributed by atoms with Gasteiger partial charge in [-0.3, -0.25) is 0 Å². The van der Waals surface area contributed by atoms with Crippen LogP contribution in [-0.2, 0) is 9.47 Å². The maximum Gasteiger partial charge on any atom is 0.311 e. The van der Waals surface area contributed by atoms with Gasteiger partial charge in [-0.1, -0.05) is 0 Å². The van der Waals surface area contributed by atoms with Crippen molar-refractivity contribution < 1.29 is 35.0 Å². The molecule has 0 unspecified atom stereocenters. The Bertz CT molecular complexity index is 503. The van der Waals surface area contributed by atoms with E-state index in [2.05, 4.69) is 10.3 Å². The van der Waals surface area contributed by atoms with Crippen LogP contribution in [0.4, 0.5) is 0 Å². The van der Waals surface area contributed by atoms with Crippen molar-refractivity contribution in [3.63, 3.8) is 0 Å². The molecular formula is C10H15N3O7. The number of guanidine groups is 1. The van der Waals surface area contributed by atoms with E-state index >= 15 is 0 Å². The van der Waals surface area contributed by atoms with Crippen molar-refractivity contribution in [1.29, 1.82) is 0 Å². The van der Waals surface area contributed by atoms with Gasteiger partial charge in [0.25, 0.3) is 0 Å². The fourth-order valence-corrected chi connectivity index (χ4v) is 3.92. The zero-order chi connectivity index (χ0) is 14.4. The summed E-state index contributed by atoms with van der Waals surface area (Å²) in [7, 11) is 0. The van der Waals surface area contributed by atoms with Crippen molar-refractivity contribution in [2.24, 2.45) is 16.6 Å². The fourth-order valence-electron chi connectivity index (χ4n) is 3.92. The first-order valence-corrected chi connectivity index (χ1v) is 6.23. The second-order valence-electron chi connectivity index (χ2n) is 5.65. The van der Waals surface area contributed by atoms with Crippen LogP contribution >= 0.6 is 0 Å². The van der Waals surface area contributed by atoms with Crippen molar-refractivity contribution >= 4 is 5.96 Å². The summed E-state index contributed by atoms with van der Waals surface area (Å²) in [5, 5.41) is 53.7.